The summed E-state index contributed by atoms with van der Waals surface area (Å²) in [6.07, 6.45) is 3.86. The Morgan fingerprint density at radius 1 is 1.03 bits per heavy atom. The molecule has 0 spiro atoms. The number of methoxy groups -OCH3 is 2. The molecule has 4 rings (SSSR count). The number of amides is 3. The first-order chi connectivity index (χ1) is 16.8. The number of nitrogens with zero attached hydrogens (tertiary/aromatic N) is 2. The van der Waals surface area contributed by atoms with Crippen LogP contribution in [0.5, 0.6) is 11.5 Å². The Morgan fingerprint density at radius 2 is 1.74 bits per heavy atom. The monoisotopic (exact) mass is 495 g/mol. The van der Waals surface area contributed by atoms with E-state index in [0.29, 0.717) is 22.7 Å². The molecule has 184 valence electrons. The van der Waals surface area contributed by atoms with E-state index in [4.69, 9.17) is 9.47 Å². The van der Waals surface area contributed by atoms with Crippen LogP contribution in [0.1, 0.15) is 29.5 Å². The fourth-order valence-corrected chi connectivity index (χ4v) is 4.99. The third-order valence-electron chi connectivity index (χ3n) is 6.23. The van der Waals surface area contributed by atoms with Crippen LogP contribution >= 0.6 is 11.8 Å². The van der Waals surface area contributed by atoms with Gasteiger partial charge in [0.15, 0.2) is 0 Å². The molecule has 0 aromatic heterocycles. The predicted molar refractivity (Wildman–Crippen MR) is 138 cm³/mol. The summed E-state index contributed by atoms with van der Waals surface area (Å²) in [6.45, 7) is 5.47. The Kier molecular flexibility index (Phi) is 7.35. The van der Waals surface area contributed by atoms with Crippen LogP contribution in [0.2, 0.25) is 0 Å². The van der Waals surface area contributed by atoms with Crippen molar-refractivity contribution in [1.29, 1.82) is 0 Å². The Morgan fingerprint density at radius 3 is 2.40 bits per heavy atom. The molecule has 1 N–H and O–H groups in total. The summed E-state index contributed by atoms with van der Waals surface area (Å²) in [4.78, 5) is 41.5. The molecule has 9 heteroatoms. The molecule has 0 saturated carbocycles. The molecule has 0 unspecified atom stereocenters. The zero-order chi connectivity index (χ0) is 25.1. The summed E-state index contributed by atoms with van der Waals surface area (Å²) >= 11 is 0.803. The van der Waals surface area contributed by atoms with E-state index in [1.165, 1.54) is 0 Å². The van der Waals surface area contributed by atoms with Gasteiger partial charge in [0, 0.05) is 30.4 Å². The molecule has 0 atom stereocenters. The van der Waals surface area contributed by atoms with Crippen molar-refractivity contribution in [2.24, 2.45) is 0 Å². The number of anilines is 2. The number of rotatable bonds is 7. The van der Waals surface area contributed by atoms with E-state index in [-0.39, 0.29) is 11.4 Å². The van der Waals surface area contributed by atoms with E-state index in [0.717, 1.165) is 59.4 Å². The number of ether oxygens (including phenoxy) is 2. The smallest absolute Gasteiger partial charge is 0.294 e. The molecule has 2 aromatic carbocycles. The maximum absolute atomic E-state index is 13.0. The first-order valence-electron chi connectivity index (χ1n) is 11.4. The number of benzene rings is 2. The van der Waals surface area contributed by atoms with Gasteiger partial charge in [-0.2, -0.15) is 0 Å². The van der Waals surface area contributed by atoms with Crippen molar-refractivity contribution in [1.82, 2.24) is 4.90 Å². The highest BCUT2D eigenvalue weighted by Gasteiger charge is 2.36. The molecule has 3 amide bonds. The van der Waals surface area contributed by atoms with Crippen LogP contribution in [0.4, 0.5) is 16.2 Å². The number of hydrogen-bond acceptors (Lipinski definition) is 7. The Labute approximate surface area is 209 Å². The summed E-state index contributed by atoms with van der Waals surface area (Å²) in [5, 5.41) is 2.26. The molecule has 2 fully saturated rings. The summed E-state index contributed by atoms with van der Waals surface area (Å²) < 4.78 is 11.2. The van der Waals surface area contributed by atoms with Gasteiger partial charge in [-0.1, -0.05) is 6.07 Å². The van der Waals surface area contributed by atoms with Crippen LogP contribution in [0.15, 0.2) is 35.2 Å². The van der Waals surface area contributed by atoms with Crippen LogP contribution in [-0.4, -0.2) is 55.8 Å². The molecule has 2 aliphatic heterocycles. The molecule has 2 heterocycles. The molecule has 35 heavy (non-hydrogen) atoms. The van der Waals surface area contributed by atoms with E-state index >= 15 is 0 Å². The van der Waals surface area contributed by atoms with Crippen LogP contribution in [0, 0.1) is 13.8 Å². The van der Waals surface area contributed by atoms with Crippen molar-refractivity contribution in [3.63, 3.8) is 0 Å². The average Bonchev–Trinajstić information content (AvgIpc) is 3.46. The number of aryl methyl sites for hydroxylation is 2. The van der Waals surface area contributed by atoms with Gasteiger partial charge in [0.05, 0.1) is 24.8 Å². The molecule has 8 nitrogen and oxygen atoms in total. The normalized spacial score (nSPS) is 16.9. The van der Waals surface area contributed by atoms with E-state index in [2.05, 4.69) is 10.2 Å². The highest BCUT2D eigenvalue weighted by molar-refractivity contribution is 8.18. The second kappa shape index (κ2) is 10.4. The Hall–Kier alpha value is -3.46. The molecule has 0 bridgehead atoms. The van der Waals surface area contributed by atoms with Crippen molar-refractivity contribution in [2.45, 2.75) is 26.7 Å². The number of thioether (sulfide) groups is 1. The molecule has 0 aliphatic carbocycles. The highest BCUT2D eigenvalue weighted by Crippen LogP contribution is 2.40. The lowest BCUT2D eigenvalue weighted by molar-refractivity contribution is -0.127. The summed E-state index contributed by atoms with van der Waals surface area (Å²) in [7, 11) is 3.17. The molecular weight excluding hydrogens is 466 g/mol. The number of imide groups is 1. The van der Waals surface area contributed by atoms with E-state index in [1.807, 2.05) is 38.1 Å². The van der Waals surface area contributed by atoms with Gasteiger partial charge in [-0.3, -0.25) is 19.3 Å². The summed E-state index contributed by atoms with van der Waals surface area (Å²) in [5.41, 5.74) is 4.33. The SMILES string of the molecule is COc1cc(N2CCCC2)c(OC)cc1C=C1SC(=O)N(CC(=O)Nc2ccc(C)c(C)c2)C1=O. The van der Waals surface area contributed by atoms with Crippen LogP contribution in [0.3, 0.4) is 0 Å². The lowest BCUT2D eigenvalue weighted by Gasteiger charge is -2.22. The Bertz CT molecular complexity index is 1200. The molecule has 2 aliphatic rings. The zero-order valence-electron chi connectivity index (χ0n) is 20.3. The molecule has 0 radical (unpaired) electrons. The first kappa shape index (κ1) is 24.7. The maximum Gasteiger partial charge on any atom is 0.294 e. The van der Waals surface area contributed by atoms with E-state index in [1.54, 1.807) is 26.4 Å². The average molecular weight is 496 g/mol. The fraction of sp³-hybridized carbons (Fsp3) is 0.346. The predicted octanol–water partition coefficient (Wildman–Crippen LogP) is 4.60. The topological polar surface area (TPSA) is 88.2 Å². The number of carbonyl (C=O) groups excluding carboxylic acids is 3. The van der Waals surface area contributed by atoms with Gasteiger partial charge < -0.3 is 19.7 Å². The van der Waals surface area contributed by atoms with E-state index < -0.39 is 17.1 Å². The second-order valence-corrected chi connectivity index (χ2v) is 9.57. The van der Waals surface area contributed by atoms with Gasteiger partial charge in [-0.15, -0.1) is 0 Å². The largest absolute Gasteiger partial charge is 0.496 e. The minimum absolute atomic E-state index is 0.225. The zero-order valence-corrected chi connectivity index (χ0v) is 21.2. The minimum atomic E-state index is -0.514. The highest BCUT2D eigenvalue weighted by atomic mass is 32.2. The van der Waals surface area contributed by atoms with Crippen molar-refractivity contribution >= 4 is 46.3 Å². The summed E-state index contributed by atoms with van der Waals surface area (Å²) in [6, 6.07) is 9.26. The van der Waals surface area contributed by atoms with Gasteiger partial charge >= 0.3 is 0 Å². The molecular formula is C26H29N3O5S. The van der Waals surface area contributed by atoms with Crippen molar-refractivity contribution in [3.05, 3.63) is 51.9 Å². The summed E-state index contributed by atoms with van der Waals surface area (Å²) in [5.74, 6) is 0.295. The molecule has 2 aromatic rings. The van der Waals surface area contributed by atoms with Crippen LogP contribution < -0.4 is 19.7 Å². The van der Waals surface area contributed by atoms with E-state index in [9.17, 15) is 14.4 Å². The van der Waals surface area contributed by atoms with Crippen LogP contribution in [-0.2, 0) is 9.59 Å². The van der Waals surface area contributed by atoms with Crippen LogP contribution in [0.25, 0.3) is 6.08 Å². The first-order valence-corrected chi connectivity index (χ1v) is 12.3. The second-order valence-electron chi connectivity index (χ2n) is 8.58. The Balaban J connectivity index is 1.53. The lowest BCUT2D eigenvalue weighted by Crippen LogP contribution is -2.36. The quantitative estimate of drug-likeness (QED) is 0.562. The van der Waals surface area contributed by atoms with Gasteiger partial charge in [-0.25, -0.2) is 0 Å². The van der Waals surface area contributed by atoms with Gasteiger partial charge in [0.25, 0.3) is 11.1 Å². The fourth-order valence-electron chi connectivity index (χ4n) is 4.16. The third kappa shape index (κ3) is 5.30. The number of carbonyl (C=O) groups is 3. The van der Waals surface area contributed by atoms with Crippen molar-refractivity contribution in [2.75, 3.05) is 44.1 Å². The lowest BCUT2D eigenvalue weighted by atomic mass is 10.1. The van der Waals surface area contributed by atoms with Crippen molar-refractivity contribution in [3.8, 4) is 11.5 Å². The van der Waals surface area contributed by atoms with Crippen molar-refractivity contribution < 1.29 is 23.9 Å². The maximum atomic E-state index is 13.0. The van der Waals surface area contributed by atoms with Gasteiger partial charge in [0.2, 0.25) is 5.91 Å². The number of hydrogen-bond donors (Lipinski definition) is 1. The van der Waals surface area contributed by atoms with Gasteiger partial charge in [-0.05, 0) is 73.9 Å². The third-order valence-corrected chi connectivity index (χ3v) is 7.14. The van der Waals surface area contributed by atoms with Gasteiger partial charge in [0.1, 0.15) is 18.0 Å². The standard InChI is InChI=1S/C26H29N3O5S/c1-16-7-8-19(11-17(16)2)27-24(30)15-29-25(31)23(35-26(29)32)13-18-12-22(34-4)20(14-21(18)33-3)28-9-5-6-10-28/h7-8,11-14H,5-6,9-10,15H2,1-4H3,(H,27,30). The molecule has 2 saturated heterocycles. The minimum Gasteiger partial charge on any atom is -0.496 e. The number of nitrogens with one attached hydrogen (secondary N) is 1.